The van der Waals surface area contributed by atoms with Gasteiger partial charge in [-0.3, -0.25) is 9.78 Å². The highest BCUT2D eigenvalue weighted by atomic mass is 16.1. The molecule has 0 bridgehead atoms. The van der Waals surface area contributed by atoms with Crippen molar-refractivity contribution in [2.45, 2.75) is 20.0 Å². The van der Waals surface area contributed by atoms with Gasteiger partial charge in [-0.15, -0.1) is 0 Å². The van der Waals surface area contributed by atoms with E-state index in [1.165, 1.54) is 5.56 Å². The molecule has 0 saturated carbocycles. The lowest BCUT2D eigenvalue weighted by molar-refractivity contribution is 0.748. The van der Waals surface area contributed by atoms with Gasteiger partial charge in [-0.25, -0.2) is 0 Å². The van der Waals surface area contributed by atoms with Crippen LogP contribution in [-0.2, 0) is 13.1 Å². The van der Waals surface area contributed by atoms with E-state index in [0.29, 0.717) is 13.1 Å². The van der Waals surface area contributed by atoms with Crippen LogP contribution >= 0.6 is 0 Å². The zero-order chi connectivity index (χ0) is 17.2. The van der Waals surface area contributed by atoms with Gasteiger partial charge in [-0.05, 0) is 41.8 Å². The topological polar surface area (TPSA) is 39.8 Å². The third-order valence-electron chi connectivity index (χ3n) is 4.57. The molecule has 0 aliphatic carbocycles. The quantitative estimate of drug-likeness (QED) is 0.574. The van der Waals surface area contributed by atoms with E-state index in [4.69, 9.17) is 0 Å². The van der Waals surface area contributed by atoms with Crippen LogP contribution in [0.25, 0.3) is 10.9 Å². The van der Waals surface area contributed by atoms with Crippen molar-refractivity contribution >= 4 is 10.9 Å². The number of aryl methyl sites for hydroxylation is 1. The molecule has 4 nitrogen and oxygen atoms in total. The lowest BCUT2D eigenvalue weighted by atomic mass is 10.1. The molecule has 0 amide bonds. The van der Waals surface area contributed by atoms with Crippen LogP contribution in [0.15, 0.2) is 78.1 Å². The molecule has 4 rings (SSSR count). The van der Waals surface area contributed by atoms with E-state index >= 15 is 0 Å². The summed E-state index contributed by atoms with van der Waals surface area (Å²) in [5.74, 6) is 0. The van der Waals surface area contributed by atoms with Crippen LogP contribution in [-0.4, -0.2) is 14.1 Å². The monoisotopic (exact) mass is 329 g/mol. The first-order chi connectivity index (χ1) is 12.2. The van der Waals surface area contributed by atoms with Crippen molar-refractivity contribution in [3.8, 4) is 0 Å². The van der Waals surface area contributed by atoms with Crippen molar-refractivity contribution in [2.75, 3.05) is 0 Å². The van der Waals surface area contributed by atoms with E-state index in [1.807, 2.05) is 59.6 Å². The first-order valence-electron chi connectivity index (χ1n) is 8.34. The van der Waals surface area contributed by atoms with Crippen molar-refractivity contribution in [1.82, 2.24) is 14.1 Å². The summed E-state index contributed by atoms with van der Waals surface area (Å²) in [7, 11) is 0. The van der Waals surface area contributed by atoms with Gasteiger partial charge in [0.15, 0.2) is 0 Å². The van der Waals surface area contributed by atoms with Crippen LogP contribution < -0.4 is 5.56 Å². The number of benzene rings is 1. The fraction of sp³-hybridized carbons (Fsp3) is 0.143. The molecule has 0 unspecified atom stereocenters. The second-order valence-corrected chi connectivity index (χ2v) is 6.28. The van der Waals surface area contributed by atoms with E-state index < -0.39 is 0 Å². The number of fused-ring (bicyclic) bond motifs is 1. The van der Waals surface area contributed by atoms with Crippen LogP contribution in [0.4, 0.5) is 0 Å². The second kappa shape index (κ2) is 6.40. The third kappa shape index (κ3) is 2.98. The average Bonchev–Trinajstić information content (AvgIpc) is 3.04. The molecule has 0 radical (unpaired) electrons. The highest BCUT2D eigenvalue weighted by molar-refractivity contribution is 5.79. The van der Waals surface area contributed by atoms with Crippen LogP contribution in [0.2, 0.25) is 0 Å². The zero-order valence-corrected chi connectivity index (χ0v) is 14.1. The lowest BCUT2D eigenvalue weighted by Crippen LogP contribution is -2.22. The van der Waals surface area contributed by atoms with Crippen LogP contribution in [0.5, 0.6) is 0 Å². The van der Waals surface area contributed by atoms with E-state index in [2.05, 4.69) is 24.0 Å². The summed E-state index contributed by atoms with van der Waals surface area (Å²) in [4.78, 5) is 17.2. The number of aromatic nitrogens is 3. The maximum Gasteiger partial charge on any atom is 0.275 e. The molecule has 0 saturated heterocycles. The van der Waals surface area contributed by atoms with Gasteiger partial charge in [-0.1, -0.05) is 30.3 Å². The summed E-state index contributed by atoms with van der Waals surface area (Å²) < 4.78 is 3.79. The van der Waals surface area contributed by atoms with Gasteiger partial charge in [-0.2, -0.15) is 0 Å². The molecule has 25 heavy (non-hydrogen) atoms. The van der Waals surface area contributed by atoms with Gasteiger partial charge in [0.1, 0.15) is 5.52 Å². The number of hydrogen-bond acceptors (Lipinski definition) is 2. The van der Waals surface area contributed by atoms with Crippen molar-refractivity contribution in [3.05, 3.63) is 100 Å². The SMILES string of the molecule is Cc1ccccc1Cn1ccc2ccn(Cc3cccnc3)c2c1=O. The van der Waals surface area contributed by atoms with E-state index in [0.717, 1.165) is 22.0 Å². The van der Waals surface area contributed by atoms with Crippen molar-refractivity contribution in [2.24, 2.45) is 0 Å². The predicted octanol–water partition coefficient (Wildman–Crippen LogP) is 3.60. The smallest absolute Gasteiger partial charge is 0.275 e. The fourth-order valence-corrected chi connectivity index (χ4v) is 3.16. The van der Waals surface area contributed by atoms with Crippen molar-refractivity contribution < 1.29 is 0 Å². The minimum atomic E-state index is 0.0367. The molecular formula is C21H19N3O. The van der Waals surface area contributed by atoms with Gasteiger partial charge in [0.05, 0.1) is 6.54 Å². The molecular weight excluding hydrogens is 310 g/mol. The number of rotatable bonds is 4. The lowest BCUT2D eigenvalue weighted by Gasteiger charge is -2.10. The van der Waals surface area contributed by atoms with E-state index in [1.54, 1.807) is 10.8 Å². The van der Waals surface area contributed by atoms with Crippen molar-refractivity contribution in [3.63, 3.8) is 0 Å². The molecule has 0 spiro atoms. The normalized spacial score (nSPS) is 11.1. The van der Waals surface area contributed by atoms with Gasteiger partial charge < -0.3 is 9.13 Å². The predicted molar refractivity (Wildman–Crippen MR) is 99.8 cm³/mol. The van der Waals surface area contributed by atoms with Crippen LogP contribution in [0.3, 0.4) is 0 Å². The Hall–Kier alpha value is -3.14. The Bertz CT molecular complexity index is 1080. The summed E-state index contributed by atoms with van der Waals surface area (Å²) in [6.07, 6.45) is 7.44. The summed E-state index contributed by atoms with van der Waals surface area (Å²) in [5.41, 5.74) is 4.21. The first-order valence-corrected chi connectivity index (χ1v) is 8.34. The Morgan fingerprint density at radius 3 is 2.48 bits per heavy atom. The standard InChI is InChI=1S/C21H19N3O/c1-16-5-2-3-7-19(16)15-24-12-9-18-8-11-23(20(18)21(24)25)14-17-6-4-10-22-13-17/h2-13H,14-15H2,1H3. The summed E-state index contributed by atoms with van der Waals surface area (Å²) in [6, 6.07) is 16.1. The summed E-state index contributed by atoms with van der Waals surface area (Å²) >= 11 is 0. The number of pyridine rings is 2. The van der Waals surface area contributed by atoms with Gasteiger partial charge in [0, 0.05) is 36.7 Å². The van der Waals surface area contributed by atoms with E-state index in [9.17, 15) is 4.79 Å². The van der Waals surface area contributed by atoms with Crippen LogP contribution in [0.1, 0.15) is 16.7 Å². The highest BCUT2D eigenvalue weighted by Gasteiger charge is 2.09. The fourth-order valence-electron chi connectivity index (χ4n) is 3.16. The molecule has 3 heterocycles. The largest absolute Gasteiger partial charge is 0.339 e. The zero-order valence-electron chi connectivity index (χ0n) is 14.1. The number of hydrogen-bond donors (Lipinski definition) is 0. The Kier molecular flexibility index (Phi) is 3.94. The van der Waals surface area contributed by atoms with Crippen LogP contribution in [0, 0.1) is 6.92 Å². The molecule has 0 aliphatic heterocycles. The maximum atomic E-state index is 13.0. The first kappa shape index (κ1) is 15.4. The molecule has 0 fully saturated rings. The highest BCUT2D eigenvalue weighted by Crippen LogP contribution is 2.15. The Morgan fingerprint density at radius 1 is 0.920 bits per heavy atom. The maximum absolute atomic E-state index is 13.0. The minimum Gasteiger partial charge on any atom is -0.339 e. The average molecular weight is 329 g/mol. The van der Waals surface area contributed by atoms with E-state index in [-0.39, 0.29) is 5.56 Å². The Labute approximate surface area is 146 Å². The third-order valence-corrected chi connectivity index (χ3v) is 4.57. The Balaban J connectivity index is 1.75. The molecule has 3 aromatic heterocycles. The number of nitrogens with zero attached hydrogens (tertiary/aromatic N) is 3. The molecule has 1 aromatic carbocycles. The van der Waals surface area contributed by atoms with Gasteiger partial charge in [0.25, 0.3) is 5.56 Å². The molecule has 4 heteroatoms. The second-order valence-electron chi connectivity index (χ2n) is 6.28. The molecule has 4 aromatic rings. The van der Waals surface area contributed by atoms with Gasteiger partial charge >= 0.3 is 0 Å². The van der Waals surface area contributed by atoms with Crippen molar-refractivity contribution in [1.29, 1.82) is 0 Å². The molecule has 0 atom stereocenters. The summed E-state index contributed by atoms with van der Waals surface area (Å²) in [6.45, 7) is 3.30. The van der Waals surface area contributed by atoms with Gasteiger partial charge in [0.2, 0.25) is 0 Å². The molecule has 124 valence electrons. The minimum absolute atomic E-state index is 0.0367. The molecule has 0 aliphatic rings. The summed E-state index contributed by atoms with van der Waals surface area (Å²) in [5, 5.41) is 0.968. The molecule has 0 N–H and O–H groups in total. The Morgan fingerprint density at radius 2 is 1.72 bits per heavy atom.